The van der Waals surface area contributed by atoms with E-state index in [4.69, 9.17) is 0 Å². The molecule has 4 nitrogen and oxygen atoms in total. The Balaban J connectivity index is 1.68. The molecule has 4 rings (SSSR count). The molecule has 1 heterocycles. The van der Waals surface area contributed by atoms with Gasteiger partial charge >= 0.3 is 6.18 Å². The van der Waals surface area contributed by atoms with Crippen molar-refractivity contribution in [2.75, 3.05) is 0 Å². The highest BCUT2D eigenvalue weighted by atomic mass is 19.4. The van der Waals surface area contributed by atoms with Gasteiger partial charge < -0.3 is 5.32 Å². The first-order valence-electron chi connectivity index (χ1n) is 9.54. The molecule has 2 aromatic carbocycles. The molecule has 0 spiro atoms. The van der Waals surface area contributed by atoms with E-state index in [1.54, 1.807) is 34.9 Å². The molecule has 0 bridgehead atoms. The van der Waals surface area contributed by atoms with Gasteiger partial charge in [0, 0.05) is 11.7 Å². The fourth-order valence-corrected chi connectivity index (χ4v) is 3.80. The summed E-state index contributed by atoms with van der Waals surface area (Å²) in [6.45, 7) is 0. The minimum absolute atomic E-state index is 0.0962. The average Bonchev–Trinajstić information content (AvgIpc) is 3.39. The Morgan fingerprint density at radius 3 is 2.59 bits per heavy atom. The lowest BCUT2D eigenvalue weighted by molar-refractivity contribution is -0.137. The van der Waals surface area contributed by atoms with Crippen LogP contribution >= 0.6 is 0 Å². The highest BCUT2D eigenvalue weighted by Crippen LogP contribution is 2.37. The summed E-state index contributed by atoms with van der Waals surface area (Å²) in [6, 6.07) is 12.3. The molecule has 0 aliphatic heterocycles. The van der Waals surface area contributed by atoms with Crippen LogP contribution in [0.1, 0.15) is 41.7 Å². The van der Waals surface area contributed by atoms with Crippen LogP contribution in [0.4, 0.5) is 13.2 Å². The summed E-state index contributed by atoms with van der Waals surface area (Å²) in [5.41, 5.74) is 0.763. The fourth-order valence-electron chi connectivity index (χ4n) is 3.80. The van der Waals surface area contributed by atoms with Gasteiger partial charge in [0.1, 0.15) is 5.69 Å². The average molecular weight is 399 g/mol. The molecule has 0 saturated heterocycles. The number of amides is 1. The molecule has 0 unspecified atom stereocenters. The largest absolute Gasteiger partial charge is 0.417 e. The van der Waals surface area contributed by atoms with Gasteiger partial charge in [-0.1, -0.05) is 43.2 Å². The number of rotatable bonds is 4. The molecule has 0 atom stereocenters. The van der Waals surface area contributed by atoms with Crippen LogP contribution in [0, 0.1) is 0 Å². The zero-order chi connectivity index (χ0) is 20.4. The third-order valence-electron chi connectivity index (χ3n) is 5.23. The molecule has 3 aromatic rings. The fraction of sp³-hybridized carbons (Fsp3) is 0.273. The van der Waals surface area contributed by atoms with E-state index in [-0.39, 0.29) is 17.5 Å². The Labute approximate surface area is 166 Å². The zero-order valence-corrected chi connectivity index (χ0v) is 15.6. The van der Waals surface area contributed by atoms with Crippen LogP contribution in [0.2, 0.25) is 0 Å². The van der Waals surface area contributed by atoms with Crippen LogP contribution in [0.3, 0.4) is 0 Å². The van der Waals surface area contributed by atoms with Gasteiger partial charge in [-0.2, -0.15) is 13.2 Å². The lowest BCUT2D eigenvalue weighted by Crippen LogP contribution is -2.33. The second-order valence-corrected chi connectivity index (χ2v) is 7.20. The highest BCUT2D eigenvalue weighted by Gasteiger charge is 2.33. The lowest BCUT2D eigenvalue weighted by Gasteiger charge is -2.15. The Morgan fingerprint density at radius 1 is 1.07 bits per heavy atom. The van der Waals surface area contributed by atoms with Crippen molar-refractivity contribution in [1.82, 2.24) is 14.9 Å². The number of hydrogen-bond donors (Lipinski definition) is 1. The van der Waals surface area contributed by atoms with Crippen molar-refractivity contribution in [3.05, 3.63) is 72.3 Å². The second-order valence-electron chi connectivity index (χ2n) is 7.20. The number of carbonyl (C=O) groups is 1. The minimum Gasteiger partial charge on any atom is -0.348 e. The van der Waals surface area contributed by atoms with Crippen molar-refractivity contribution in [2.45, 2.75) is 37.9 Å². The molecule has 150 valence electrons. The summed E-state index contributed by atoms with van der Waals surface area (Å²) < 4.78 is 41.8. The molecular formula is C22H20F3N3O. The number of benzene rings is 2. The number of nitrogens with zero attached hydrogens (tertiary/aromatic N) is 2. The van der Waals surface area contributed by atoms with Crippen LogP contribution < -0.4 is 5.32 Å². The molecule has 1 saturated carbocycles. The van der Waals surface area contributed by atoms with Gasteiger partial charge in [0.05, 0.1) is 18.1 Å². The molecule has 1 amide bonds. The molecule has 1 fully saturated rings. The number of hydrogen-bond acceptors (Lipinski definition) is 2. The van der Waals surface area contributed by atoms with Gasteiger partial charge in [-0.15, -0.1) is 0 Å². The third-order valence-corrected chi connectivity index (χ3v) is 5.23. The van der Waals surface area contributed by atoms with E-state index in [0.717, 1.165) is 31.7 Å². The summed E-state index contributed by atoms with van der Waals surface area (Å²) in [6.07, 6.45) is 2.65. The topological polar surface area (TPSA) is 46.9 Å². The maximum absolute atomic E-state index is 13.4. The normalized spacial score (nSPS) is 14.9. The molecule has 29 heavy (non-hydrogen) atoms. The highest BCUT2D eigenvalue weighted by molar-refractivity contribution is 5.93. The van der Waals surface area contributed by atoms with Crippen molar-refractivity contribution < 1.29 is 18.0 Å². The van der Waals surface area contributed by atoms with E-state index in [9.17, 15) is 18.0 Å². The molecular weight excluding hydrogens is 379 g/mol. The smallest absolute Gasteiger partial charge is 0.348 e. The van der Waals surface area contributed by atoms with Gasteiger partial charge in [-0.25, -0.2) is 4.98 Å². The number of imidazole rings is 1. The molecule has 1 aliphatic rings. The van der Waals surface area contributed by atoms with Gasteiger partial charge in [-0.05, 0) is 42.2 Å². The van der Waals surface area contributed by atoms with E-state index in [1.165, 1.54) is 24.7 Å². The predicted octanol–water partition coefficient (Wildman–Crippen LogP) is 5.23. The quantitative estimate of drug-likeness (QED) is 0.653. The van der Waals surface area contributed by atoms with E-state index in [1.807, 2.05) is 0 Å². The summed E-state index contributed by atoms with van der Waals surface area (Å²) in [5.74, 6) is -0.226. The zero-order valence-electron chi connectivity index (χ0n) is 15.6. The predicted molar refractivity (Wildman–Crippen MR) is 104 cm³/mol. The van der Waals surface area contributed by atoms with E-state index in [2.05, 4.69) is 10.3 Å². The molecule has 1 aliphatic carbocycles. The maximum atomic E-state index is 13.4. The Kier molecular flexibility index (Phi) is 5.13. The minimum atomic E-state index is -4.45. The van der Waals surface area contributed by atoms with Crippen LogP contribution in [-0.2, 0) is 6.18 Å². The SMILES string of the molecule is O=C(NC1CCCC1)c1cncn1-c1cccc(-c2ccccc2C(F)(F)F)c1. The first kappa shape index (κ1) is 19.2. The van der Waals surface area contributed by atoms with Crippen LogP contribution in [-0.4, -0.2) is 21.5 Å². The molecule has 1 aromatic heterocycles. The van der Waals surface area contributed by atoms with Gasteiger partial charge in [-0.3, -0.25) is 9.36 Å². The summed E-state index contributed by atoms with van der Waals surface area (Å²) in [4.78, 5) is 16.8. The van der Waals surface area contributed by atoms with Gasteiger partial charge in [0.15, 0.2) is 0 Å². The van der Waals surface area contributed by atoms with E-state index in [0.29, 0.717) is 16.9 Å². The van der Waals surface area contributed by atoms with Gasteiger partial charge in [0.2, 0.25) is 0 Å². The van der Waals surface area contributed by atoms with Crippen molar-refractivity contribution >= 4 is 5.91 Å². The van der Waals surface area contributed by atoms with Crippen LogP contribution in [0.15, 0.2) is 61.1 Å². The monoisotopic (exact) mass is 399 g/mol. The Morgan fingerprint density at radius 2 is 1.83 bits per heavy atom. The van der Waals surface area contributed by atoms with Crippen molar-refractivity contribution in [3.8, 4) is 16.8 Å². The Bertz CT molecular complexity index is 1020. The number of aromatic nitrogens is 2. The van der Waals surface area contributed by atoms with Crippen LogP contribution in [0.5, 0.6) is 0 Å². The summed E-state index contributed by atoms with van der Waals surface area (Å²) in [5, 5.41) is 3.02. The van der Waals surface area contributed by atoms with Crippen molar-refractivity contribution in [3.63, 3.8) is 0 Å². The molecule has 1 N–H and O–H groups in total. The van der Waals surface area contributed by atoms with E-state index >= 15 is 0 Å². The maximum Gasteiger partial charge on any atom is 0.417 e. The van der Waals surface area contributed by atoms with Crippen LogP contribution in [0.25, 0.3) is 16.8 Å². The number of halogens is 3. The number of alkyl halides is 3. The van der Waals surface area contributed by atoms with Gasteiger partial charge in [0.25, 0.3) is 5.91 Å². The summed E-state index contributed by atoms with van der Waals surface area (Å²) >= 11 is 0. The standard InChI is InChI=1S/C22H20F3N3O/c23-22(24,25)19-11-4-3-10-18(19)15-6-5-9-17(12-15)28-14-26-13-20(28)21(29)27-16-7-1-2-8-16/h3-6,9-14,16H,1-2,7-8H2,(H,27,29). The first-order chi connectivity index (χ1) is 13.9. The summed E-state index contributed by atoms with van der Waals surface area (Å²) in [7, 11) is 0. The van der Waals surface area contributed by atoms with E-state index < -0.39 is 11.7 Å². The lowest BCUT2D eigenvalue weighted by atomic mass is 9.99. The molecule has 7 heteroatoms. The van der Waals surface area contributed by atoms with Crippen molar-refractivity contribution in [2.24, 2.45) is 0 Å². The third kappa shape index (κ3) is 4.04. The second kappa shape index (κ2) is 7.73. The Hall–Kier alpha value is -3.09. The molecule has 0 radical (unpaired) electrons. The number of nitrogens with one attached hydrogen (secondary N) is 1. The first-order valence-corrected chi connectivity index (χ1v) is 9.54. The van der Waals surface area contributed by atoms with Crippen molar-refractivity contribution in [1.29, 1.82) is 0 Å². The number of carbonyl (C=O) groups excluding carboxylic acids is 1.